The minimum atomic E-state index is 0. The van der Waals surface area contributed by atoms with Gasteiger partial charge in [-0.1, -0.05) is 11.8 Å². The van der Waals surface area contributed by atoms with Crippen molar-refractivity contribution in [1.82, 2.24) is 9.97 Å². The van der Waals surface area contributed by atoms with Gasteiger partial charge in [0, 0.05) is 39.1 Å². The number of ketones is 1. The SMILES string of the molecule is CC(=O)CCOc1cccc2ncnc(Nc3c[c-]ccc3)c12.[Y]. The molecule has 1 aromatic heterocycles. The number of carbonyl (C=O) groups excluding carboxylic acids is 1. The maximum absolute atomic E-state index is 11.1. The smallest absolute Gasteiger partial charge is 0.134 e. The first-order chi connectivity index (χ1) is 11.2. The zero-order valence-electron chi connectivity index (χ0n) is 13.3. The molecule has 0 unspecified atom stereocenters. The summed E-state index contributed by atoms with van der Waals surface area (Å²) in [6.45, 7) is 1.89. The fraction of sp³-hybridized carbons (Fsp3) is 0.167. The van der Waals surface area contributed by atoms with Gasteiger partial charge >= 0.3 is 0 Å². The molecule has 3 rings (SSSR count). The van der Waals surface area contributed by atoms with Crippen LogP contribution in [0, 0.1) is 6.07 Å². The molecule has 0 aliphatic heterocycles. The Morgan fingerprint density at radius 1 is 1.25 bits per heavy atom. The normalized spacial score (nSPS) is 10.0. The topological polar surface area (TPSA) is 64.1 Å². The molecule has 2 aromatic carbocycles. The molecule has 0 bridgehead atoms. The van der Waals surface area contributed by atoms with Gasteiger partial charge in [0.25, 0.3) is 0 Å². The number of carbonyl (C=O) groups is 1. The number of fused-ring (bicyclic) bond motifs is 1. The molecule has 6 heteroatoms. The second-order valence-electron chi connectivity index (χ2n) is 5.09. The summed E-state index contributed by atoms with van der Waals surface area (Å²) in [5.41, 5.74) is 1.66. The fourth-order valence-corrected chi connectivity index (χ4v) is 2.21. The fourth-order valence-electron chi connectivity index (χ4n) is 2.21. The van der Waals surface area contributed by atoms with E-state index >= 15 is 0 Å². The van der Waals surface area contributed by atoms with Crippen molar-refractivity contribution in [3.63, 3.8) is 0 Å². The number of aromatic nitrogens is 2. The van der Waals surface area contributed by atoms with Crippen LogP contribution in [0.1, 0.15) is 13.3 Å². The number of nitrogens with zero attached hydrogens (tertiary/aromatic N) is 2. The first kappa shape index (κ1) is 18.5. The number of hydrogen-bond acceptors (Lipinski definition) is 5. The molecule has 5 nitrogen and oxygen atoms in total. The monoisotopic (exact) mass is 395 g/mol. The van der Waals surface area contributed by atoms with Crippen LogP contribution in [-0.4, -0.2) is 22.4 Å². The molecule has 0 saturated heterocycles. The third-order valence-corrected chi connectivity index (χ3v) is 3.31. The van der Waals surface area contributed by atoms with Crippen LogP contribution in [0.25, 0.3) is 10.9 Å². The average molecular weight is 395 g/mol. The molecular weight excluding hydrogens is 379 g/mol. The largest absolute Gasteiger partial charge is 0.492 e. The van der Waals surface area contributed by atoms with Gasteiger partial charge in [-0.05, 0) is 19.1 Å². The van der Waals surface area contributed by atoms with Gasteiger partial charge in [-0.3, -0.25) is 4.79 Å². The average Bonchev–Trinajstić information content (AvgIpc) is 2.56. The Hall–Kier alpha value is -1.85. The molecule has 1 N–H and O–H groups in total. The van der Waals surface area contributed by atoms with Crippen molar-refractivity contribution in [3.8, 4) is 5.75 Å². The van der Waals surface area contributed by atoms with E-state index in [9.17, 15) is 4.79 Å². The Bertz CT molecular complexity index is 820. The molecule has 24 heavy (non-hydrogen) atoms. The molecule has 0 amide bonds. The molecule has 0 saturated carbocycles. The van der Waals surface area contributed by atoms with E-state index in [2.05, 4.69) is 21.4 Å². The Kier molecular flexibility index (Phi) is 6.82. The number of anilines is 2. The quantitative estimate of drug-likeness (QED) is 0.647. The van der Waals surface area contributed by atoms with Crippen LogP contribution < -0.4 is 10.1 Å². The molecule has 0 spiro atoms. The van der Waals surface area contributed by atoms with Gasteiger partial charge < -0.3 is 10.1 Å². The van der Waals surface area contributed by atoms with Gasteiger partial charge in [0.05, 0.1) is 17.5 Å². The number of hydrogen-bond donors (Lipinski definition) is 1. The van der Waals surface area contributed by atoms with E-state index in [4.69, 9.17) is 4.74 Å². The molecule has 0 aliphatic rings. The number of Topliss-reactive ketones (excluding diaryl/α,β-unsaturated/α-hetero) is 1. The molecule has 1 heterocycles. The molecule has 0 fully saturated rings. The summed E-state index contributed by atoms with van der Waals surface area (Å²) < 4.78 is 5.76. The third kappa shape index (κ3) is 4.59. The molecule has 0 atom stereocenters. The third-order valence-electron chi connectivity index (χ3n) is 3.31. The first-order valence-electron chi connectivity index (χ1n) is 7.33. The van der Waals surface area contributed by atoms with Crippen LogP contribution in [0.2, 0.25) is 0 Å². The Morgan fingerprint density at radius 2 is 2.12 bits per heavy atom. The van der Waals surface area contributed by atoms with Crippen LogP contribution in [0.4, 0.5) is 11.5 Å². The number of rotatable bonds is 6. The summed E-state index contributed by atoms with van der Waals surface area (Å²) >= 11 is 0. The molecule has 1 radical (unpaired) electrons. The van der Waals surface area contributed by atoms with Crippen LogP contribution in [0.3, 0.4) is 0 Å². The Balaban J connectivity index is 0.00000208. The zero-order valence-corrected chi connectivity index (χ0v) is 16.2. The number of ether oxygens (including phenoxy) is 1. The summed E-state index contributed by atoms with van der Waals surface area (Å²) in [5, 5.41) is 4.05. The maximum atomic E-state index is 11.1. The van der Waals surface area contributed by atoms with Gasteiger partial charge in [-0.25, -0.2) is 9.97 Å². The number of benzene rings is 2. The van der Waals surface area contributed by atoms with Crippen molar-refractivity contribution in [2.45, 2.75) is 13.3 Å². The molecule has 119 valence electrons. The van der Waals surface area contributed by atoms with E-state index in [1.54, 1.807) is 6.92 Å². The second-order valence-corrected chi connectivity index (χ2v) is 5.09. The first-order valence-corrected chi connectivity index (χ1v) is 7.33. The predicted octanol–water partition coefficient (Wildman–Crippen LogP) is 3.53. The Morgan fingerprint density at radius 3 is 2.88 bits per heavy atom. The van der Waals surface area contributed by atoms with E-state index in [0.29, 0.717) is 24.6 Å². The van der Waals surface area contributed by atoms with Gasteiger partial charge in [0.1, 0.15) is 23.7 Å². The van der Waals surface area contributed by atoms with Crippen molar-refractivity contribution in [2.75, 3.05) is 11.9 Å². The molecular formula is C18H16N3O2Y-. The summed E-state index contributed by atoms with van der Waals surface area (Å²) in [5.74, 6) is 1.42. The standard InChI is InChI=1S/C18H16N3O2.Y/c1-13(22)10-11-23-16-9-5-8-15-17(16)18(20-12-19-15)21-14-6-3-2-4-7-14;/h2-3,5-9,12H,10-11H2,1H3,(H,19,20,21);/q-1;. The van der Waals surface area contributed by atoms with E-state index < -0.39 is 0 Å². The summed E-state index contributed by atoms with van der Waals surface area (Å²) in [4.78, 5) is 19.7. The van der Waals surface area contributed by atoms with E-state index in [1.807, 2.05) is 42.5 Å². The zero-order chi connectivity index (χ0) is 16.1. The maximum Gasteiger partial charge on any atom is 0.134 e. The van der Waals surface area contributed by atoms with E-state index in [-0.39, 0.29) is 38.5 Å². The van der Waals surface area contributed by atoms with Crippen molar-refractivity contribution in [1.29, 1.82) is 0 Å². The second kappa shape index (κ2) is 8.85. The molecule has 3 aromatic rings. The van der Waals surface area contributed by atoms with Gasteiger partial charge in [0.2, 0.25) is 0 Å². The van der Waals surface area contributed by atoms with Gasteiger partial charge in [-0.2, -0.15) is 24.3 Å². The van der Waals surface area contributed by atoms with E-state index in [0.717, 1.165) is 16.6 Å². The van der Waals surface area contributed by atoms with Crippen molar-refractivity contribution < 1.29 is 42.2 Å². The predicted molar refractivity (Wildman–Crippen MR) is 88.9 cm³/mol. The summed E-state index contributed by atoms with van der Waals surface area (Å²) in [7, 11) is 0. The van der Waals surface area contributed by atoms with Gasteiger partial charge in [0.15, 0.2) is 0 Å². The minimum Gasteiger partial charge on any atom is -0.492 e. The van der Waals surface area contributed by atoms with Crippen LogP contribution >= 0.6 is 0 Å². The molecule has 0 aliphatic carbocycles. The minimum absolute atomic E-state index is 0. The summed E-state index contributed by atoms with van der Waals surface area (Å²) in [6, 6.07) is 16.2. The number of nitrogens with one attached hydrogen (secondary N) is 1. The van der Waals surface area contributed by atoms with Crippen LogP contribution in [0.5, 0.6) is 5.75 Å². The van der Waals surface area contributed by atoms with Crippen molar-refractivity contribution in [3.05, 3.63) is 54.9 Å². The van der Waals surface area contributed by atoms with Crippen LogP contribution in [0.15, 0.2) is 48.8 Å². The van der Waals surface area contributed by atoms with Crippen molar-refractivity contribution in [2.24, 2.45) is 0 Å². The van der Waals surface area contributed by atoms with Crippen LogP contribution in [-0.2, 0) is 37.5 Å². The van der Waals surface area contributed by atoms with Gasteiger partial charge in [-0.15, -0.1) is 6.07 Å². The Labute approximate surface area is 165 Å². The summed E-state index contributed by atoms with van der Waals surface area (Å²) in [6.07, 6.45) is 1.89. The van der Waals surface area contributed by atoms with E-state index in [1.165, 1.54) is 6.33 Å². The van der Waals surface area contributed by atoms with Crippen molar-refractivity contribution >= 4 is 28.2 Å².